The second-order valence-electron chi connectivity index (χ2n) is 1.61. The number of rotatable bonds is 2. The Morgan fingerprint density at radius 2 is 2.60 bits per heavy atom. The highest BCUT2D eigenvalue weighted by Crippen LogP contribution is 2.16. The normalized spacial score (nSPS) is 11.0. The standard InChI is InChI=1S/C6H6BrNS2/c7-6-8-5(4-10-6)2-1-3-9/h1-2,4,9H,3H2. The third-order valence-electron chi connectivity index (χ3n) is 0.888. The third kappa shape index (κ3) is 2.44. The molecule has 0 radical (unpaired) electrons. The highest BCUT2D eigenvalue weighted by atomic mass is 79.9. The van der Waals surface area contributed by atoms with Gasteiger partial charge in [-0.25, -0.2) is 4.98 Å². The second-order valence-corrected chi connectivity index (χ2v) is 4.11. The molecule has 0 unspecified atom stereocenters. The first kappa shape index (κ1) is 8.30. The number of thiol groups is 1. The molecule has 1 aromatic heterocycles. The maximum Gasteiger partial charge on any atom is 0.159 e. The lowest BCUT2D eigenvalue weighted by Gasteiger charge is -1.78. The van der Waals surface area contributed by atoms with Gasteiger partial charge in [-0.05, 0) is 22.0 Å². The van der Waals surface area contributed by atoms with Crippen LogP contribution in [-0.4, -0.2) is 10.7 Å². The van der Waals surface area contributed by atoms with Crippen molar-refractivity contribution < 1.29 is 0 Å². The minimum Gasteiger partial charge on any atom is -0.230 e. The molecule has 1 heterocycles. The molecular formula is C6H6BrNS2. The van der Waals surface area contributed by atoms with E-state index in [2.05, 4.69) is 33.5 Å². The summed E-state index contributed by atoms with van der Waals surface area (Å²) in [5, 5.41) is 1.99. The van der Waals surface area contributed by atoms with Crippen molar-refractivity contribution in [2.45, 2.75) is 0 Å². The van der Waals surface area contributed by atoms with Gasteiger partial charge in [0.1, 0.15) is 0 Å². The molecule has 0 saturated carbocycles. The largest absolute Gasteiger partial charge is 0.230 e. The molecule has 1 nitrogen and oxygen atoms in total. The Bertz CT molecular complexity index is 231. The summed E-state index contributed by atoms with van der Waals surface area (Å²) in [6.45, 7) is 0. The molecule has 0 aromatic carbocycles. The van der Waals surface area contributed by atoms with Gasteiger partial charge in [-0.15, -0.1) is 11.3 Å². The maximum atomic E-state index is 4.16. The van der Waals surface area contributed by atoms with Crippen molar-refractivity contribution in [3.8, 4) is 0 Å². The average Bonchev–Trinajstić information content (AvgIpc) is 2.31. The lowest BCUT2D eigenvalue weighted by Crippen LogP contribution is -1.68. The lowest BCUT2D eigenvalue weighted by molar-refractivity contribution is 1.34. The second kappa shape index (κ2) is 4.16. The van der Waals surface area contributed by atoms with E-state index in [-0.39, 0.29) is 0 Å². The van der Waals surface area contributed by atoms with Crippen molar-refractivity contribution in [3.63, 3.8) is 0 Å². The van der Waals surface area contributed by atoms with Crippen molar-refractivity contribution >= 4 is 46.0 Å². The van der Waals surface area contributed by atoms with Gasteiger partial charge in [0.2, 0.25) is 0 Å². The molecule has 0 fully saturated rings. The molecule has 1 rings (SSSR count). The molecule has 54 valence electrons. The van der Waals surface area contributed by atoms with E-state index in [1.807, 2.05) is 17.5 Å². The minimum atomic E-state index is 0.759. The smallest absolute Gasteiger partial charge is 0.159 e. The fraction of sp³-hybridized carbons (Fsp3) is 0.167. The Hall–Kier alpha value is 0.200. The predicted octanol–water partition coefficient (Wildman–Crippen LogP) is 2.85. The number of aromatic nitrogens is 1. The highest BCUT2D eigenvalue weighted by molar-refractivity contribution is 9.11. The van der Waals surface area contributed by atoms with Crippen molar-refractivity contribution in [2.75, 3.05) is 5.75 Å². The van der Waals surface area contributed by atoms with Gasteiger partial charge in [0.05, 0.1) is 5.69 Å². The Morgan fingerprint density at radius 1 is 1.80 bits per heavy atom. The van der Waals surface area contributed by atoms with Gasteiger partial charge >= 0.3 is 0 Å². The SMILES string of the molecule is SCC=Cc1csc(Br)n1. The Kier molecular flexibility index (Phi) is 3.45. The number of nitrogens with zero attached hydrogens (tertiary/aromatic N) is 1. The minimum absolute atomic E-state index is 0.759. The molecule has 0 aliphatic heterocycles. The van der Waals surface area contributed by atoms with E-state index in [1.54, 1.807) is 11.3 Å². The Morgan fingerprint density at radius 3 is 3.10 bits per heavy atom. The van der Waals surface area contributed by atoms with Crippen molar-refractivity contribution in [1.29, 1.82) is 0 Å². The molecule has 0 N–H and O–H groups in total. The van der Waals surface area contributed by atoms with Gasteiger partial charge in [-0.1, -0.05) is 6.08 Å². The zero-order valence-corrected chi connectivity index (χ0v) is 8.42. The Balaban J connectivity index is 2.67. The number of thiazole rings is 1. The first-order valence-electron chi connectivity index (χ1n) is 2.71. The van der Waals surface area contributed by atoms with Crippen molar-refractivity contribution in [1.82, 2.24) is 4.98 Å². The van der Waals surface area contributed by atoms with E-state index in [9.17, 15) is 0 Å². The first-order valence-corrected chi connectivity index (χ1v) is 5.02. The van der Waals surface area contributed by atoms with Gasteiger partial charge in [-0.2, -0.15) is 12.6 Å². The van der Waals surface area contributed by atoms with E-state index < -0.39 is 0 Å². The van der Waals surface area contributed by atoms with E-state index in [0.717, 1.165) is 15.4 Å². The summed E-state index contributed by atoms with van der Waals surface area (Å²) in [5.74, 6) is 0.759. The molecule has 0 amide bonds. The van der Waals surface area contributed by atoms with E-state index in [4.69, 9.17) is 0 Å². The molecule has 4 heteroatoms. The van der Waals surface area contributed by atoms with Gasteiger partial charge in [0.25, 0.3) is 0 Å². The van der Waals surface area contributed by atoms with Crippen LogP contribution in [0, 0.1) is 0 Å². The molecule has 0 atom stereocenters. The molecule has 0 bridgehead atoms. The topological polar surface area (TPSA) is 12.9 Å². The van der Waals surface area contributed by atoms with Crippen LogP contribution >= 0.6 is 39.9 Å². The van der Waals surface area contributed by atoms with Crippen LogP contribution in [0.3, 0.4) is 0 Å². The van der Waals surface area contributed by atoms with Gasteiger partial charge in [-0.3, -0.25) is 0 Å². The third-order valence-corrected chi connectivity index (χ3v) is 2.48. The summed E-state index contributed by atoms with van der Waals surface area (Å²) < 4.78 is 0.923. The molecule has 0 spiro atoms. The van der Waals surface area contributed by atoms with E-state index in [0.29, 0.717) is 0 Å². The zero-order chi connectivity index (χ0) is 7.40. The molecule has 0 aliphatic rings. The summed E-state index contributed by atoms with van der Waals surface area (Å²) in [6.07, 6.45) is 3.92. The quantitative estimate of drug-likeness (QED) is 0.779. The van der Waals surface area contributed by atoms with Crippen LogP contribution < -0.4 is 0 Å². The molecule has 0 aliphatic carbocycles. The van der Waals surface area contributed by atoms with Gasteiger partial charge in [0.15, 0.2) is 3.92 Å². The summed E-state index contributed by atoms with van der Waals surface area (Å²) in [4.78, 5) is 4.16. The average molecular weight is 236 g/mol. The maximum absolute atomic E-state index is 4.16. The number of hydrogen-bond acceptors (Lipinski definition) is 3. The van der Waals surface area contributed by atoms with Crippen LogP contribution in [0.1, 0.15) is 5.69 Å². The van der Waals surface area contributed by atoms with Crippen LogP contribution in [0.2, 0.25) is 0 Å². The lowest BCUT2D eigenvalue weighted by atomic mass is 10.4. The fourth-order valence-electron chi connectivity index (χ4n) is 0.513. The van der Waals surface area contributed by atoms with Crippen LogP contribution in [0.15, 0.2) is 15.4 Å². The monoisotopic (exact) mass is 235 g/mol. The molecule has 0 saturated heterocycles. The predicted molar refractivity (Wildman–Crippen MR) is 52.7 cm³/mol. The van der Waals surface area contributed by atoms with Gasteiger partial charge < -0.3 is 0 Å². The molecule has 10 heavy (non-hydrogen) atoms. The van der Waals surface area contributed by atoms with Crippen LogP contribution in [0.25, 0.3) is 6.08 Å². The van der Waals surface area contributed by atoms with Crippen LogP contribution in [-0.2, 0) is 0 Å². The van der Waals surface area contributed by atoms with Crippen molar-refractivity contribution in [2.24, 2.45) is 0 Å². The summed E-state index contributed by atoms with van der Waals surface area (Å²) in [5.41, 5.74) is 0.992. The summed E-state index contributed by atoms with van der Waals surface area (Å²) >= 11 is 8.90. The molecular weight excluding hydrogens is 230 g/mol. The zero-order valence-electron chi connectivity index (χ0n) is 5.12. The first-order chi connectivity index (χ1) is 4.83. The van der Waals surface area contributed by atoms with E-state index in [1.165, 1.54) is 0 Å². The Labute approximate surface area is 77.7 Å². The van der Waals surface area contributed by atoms with E-state index >= 15 is 0 Å². The number of halogens is 1. The fourth-order valence-corrected chi connectivity index (χ4v) is 1.61. The van der Waals surface area contributed by atoms with Crippen LogP contribution in [0.4, 0.5) is 0 Å². The van der Waals surface area contributed by atoms with Crippen molar-refractivity contribution in [3.05, 3.63) is 21.1 Å². The van der Waals surface area contributed by atoms with Crippen LogP contribution in [0.5, 0.6) is 0 Å². The van der Waals surface area contributed by atoms with Gasteiger partial charge in [0, 0.05) is 11.1 Å². The summed E-state index contributed by atoms with van der Waals surface area (Å²) in [7, 11) is 0. The summed E-state index contributed by atoms with van der Waals surface area (Å²) in [6, 6.07) is 0. The number of hydrogen-bond donors (Lipinski definition) is 1. The highest BCUT2D eigenvalue weighted by Gasteiger charge is 1.91. The molecule has 1 aromatic rings.